The predicted octanol–water partition coefficient (Wildman–Crippen LogP) is 0.482. The quantitative estimate of drug-likeness (QED) is 0.807. The number of anilines is 1. The summed E-state index contributed by atoms with van der Waals surface area (Å²) >= 11 is 0. The number of nitrogens with two attached hydrogens (primary N) is 1. The zero-order valence-corrected chi connectivity index (χ0v) is 9.60. The third kappa shape index (κ3) is 2.41. The molecule has 1 heterocycles. The highest BCUT2D eigenvalue weighted by atomic mass is 19.1. The third-order valence-electron chi connectivity index (χ3n) is 3.05. The molecule has 1 aliphatic rings. The van der Waals surface area contributed by atoms with Gasteiger partial charge in [-0.2, -0.15) is 0 Å². The fraction of sp³-hybridized carbons (Fsp3) is 0.500. The standard InChI is InChI=1S/C12H17FN2O2/c13-11-2-1-3-12(10(11)6-14)15-4-5-17-8-9(15)7-16/h1-3,9,16H,4-8,14H2. The van der Waals surface area contributed by atoms with Gasteiger partial charge in [-0.05, 0) is 12.1 Å². The van der Waals surface area contributed by atoms with Crippen molar-refractivity contribution in [1.82, 2.24) is 0 Å². The van der Waals surface area contributed by atoms with Crippen LogP contribution in [0.25, 0.3) is 0 Å². The summed E-state index contributed by atoms with van der Waals surface area (Å²) in [5.41, 5.74) is 6.84. The molecule has 94 valence electrons. The Morgan fingerprint density at radius 2 is 2.35 bits per heavy atom. The first kappa shape index (κ1) is 12.3. The summed E-state index contributed by atoms with van der Waals surface area (Å²) in [5, 5.41) is 9.31. The number of aliphatic hydroxyl groups is 1. The summed E-state index contributed by atoms with van der Waals surface area (Å²) in [6, 6.07) is 4.77. The molecule has 0 aliphatic carbocycles. The Hall–Kier alpha value is -1.17. The van der Waals surface area contributed by atoms with Gasteiger partial charge in [0.1, 0.15) is 5.82 Å². The second kappa shape index (κ2) is 5.44. The largest absolute Gasteiger partial charge is 0.394 e. The molecule has 0 aromatic heterocycles. The van der Waals surface area contributed by atoms with E-state index in [1.54, 1.807) is 6.07 Å². The molecule has 1 unspecified atom stereocenters. The first-order chi connectivity index (χ1) is 8.27. The zero-order chi connectivity index (χ0) is 12.3. The molecule has 1 aliphatic heterocycles. The van der Waals surface area contributed by atoms with Gasteiger partial charge < -0.3 is 20.5 Å². The molecule has 0 amide bonds. The van der Waals surface area contributed by atoms with E-state index in [9.17, 15) is 9.50 Å². The Kier molecular flexibility index (Phi) is 3.93. The lowest BCUT2D eigenvalue weighted by atomic mass is 10.1. The van der Waals surface area contributed by atoms with Crippen molar-refractivity contribution in [2.24, 2.45) is 5.73 Å². The molecule has 1 fully saturated rings. The highest BCUT2D eigenvalue weighted by Gasteiger charge is 2.24. The number of morpholine rings is 1. The van der Waals surface area contributed by atoms with Gasteiger partial charge in [0.15, 0.2) is 0 Å². The van der Waals surface area contributed by atoms with Gasteiger partial charge in [0, 0.05) is 24.3 Å². The summed E-state index contributed by atoms with van der Waals surface area (Å²) in [4.78, 5) is 1.97. The lowest BCUT2D eigenvalue weighted by molar-refractivity contribution is 0.0726. The summed E-state index contributed by atoms with van der Waals surface area (Å²) in [6.07, 6.45) is 0. The summed E-state index contributed by atoms with van der Waals surface area (Å²) in [5.74, 6) is -0.298. The first-order valence-electron chi connectivity index (χ1n) is 5.70. The Morgan fingerprint density at radius 3 is 3.06 bits per heavy atom. The minimum absolute atomic E-state index is 0.0134. The molecular weight excluding hydrogens is 223 g/mol. The second-order valence-corrected chi connectivity index (χ2v) is 4.05. The van der Waals surface area contributed by atoms with Crippen LogP contribution in [0.5, 0.6) is 0 Å². The predicted molar refractivity (Wildman–Crippen MR) is 63.3 cm³/mol. The highest BCUT2D eigenvalue weighted by Crippen LogP contribution is 2.26. The second-order valence-electron chi connectivity index (χ2n) is 4.05. The number of hydrogen-bond acceptors (Lipinski definition) is 4. The molecule has 1 atom stereocenters. The van der Waals surface area contributed by atoms with E-state index in [2.05, 4.69) is 0 Å². The molecule has 0 saturated carbocycles. The molecule has 3 N–H and O–H groups in total. The van der Waals surface area contributed by atoms with Crippen molar-refractivity contribution < 1.29 is 14.2 Å². The Morgan fingerprint density at radius 1 is 1.53 bits per heavy atom. The molecule has 0 radical (unpaired) electrons. The summed E-state index contributed by atoms with van der Waals surface area (Å²) < 4.78 is 18.9. The molecule has 0 bridgehead atoms. The van der Waals surface area contributed by atoms with Gasteiger partial charge in [-0.3, -0.25) is 0 Å². The van der Waals surface area contributed by atoms with E-state index in [-0.39, 0.29) is 25.0 Å². The van der Waals surface area contributed by atoms with Gasteiger partial charge in [-0.1, -0.05) is 6.07 Å². The fourth-order valence-corrected chi connectivity index (χ4v) is 2.14. The number of rotatable bonds is 3. The topological polar surface area (TPSA) is 58.7 Å². The number of nitrogens with zero attached hydrogens (tertiary/aromatic N) is 1. The summed E-state index contributed by atoms with van der Waals surface area (Å²) in [6.45, 7) is 1.81. The van der Waals surface area contributed by atoms with Crippen molar-refractivity contribution in [3.63, 3.8) is 0 Å². The first-order valence-corrected chi connectivity index (χ1v) is 5.70. The maximum Gasteiger partial charge on any atom is 0.129 e. The Balaban J connectivity index is 2.34. The maximum atomic E-state index is 13.6. The van der Waals surface area contributed by atoms with E-state index >= 15 is 0 Å². The molecule has 0 spiro atoms. The maximum absolute atomic E-state index is 13.6. The van der Waals surface area contributed by atoms with Gasteiger partial charge >= 0.3 is 0 Å². The van der Waals surface area contributed by atoms with Crippen LogP contribution < -0.4 is 10.6 Å². The van der Waals surface area contributed by atoms with Crippen molar-refractivity contribution >= 4 is 5.69 Å². The average Bonchev–Trinajstić information content (AvgIpc) is 2.38. The molecule has 1 saturated heterocycles. The Bertz CT molecular complexity index is 387. The van der Waals surface area contributed by atoms with Crippen LogP contribution in [0.1, 0.15) is 5.56 Å². The van der Waals surface area contributed by atoms with E-state index in [4.69, 9.17) is 10.5 Å². The van der Waals surface area contributed by atoms with Crippen LogP contribution in [-0.4, -0.2) is 37.5 Å². The van der Waals surface area contributed by atoms with Crippen molar-refractivity contribution in [3.8, 4) is 0 Å². The molecule has 17 heavy (non-hydrogen) atoms. The zero-order valence-electron chi connectivity index (χ0n) is 9.60. The highest BCUT2D eigenvalue weighted by molar-refractivity contribution is 5.55. The number of ether oxygens (including phenoxy) is 1. The van der Waals surface area contributed by atoms with Crippen LogP contribution in [0.15, 0.2) is 18.2 Å². The third-order valence-corrected chi connectivity index (χ3v) is 3.05. The van der Waals surface area contributed by atoms with Crippen LogP contribution in [0.4, 0.5) is 10.1 Å². The fourth-order valence-electron chi connectivity index (χ4n) is 2.14. The van der Waals surface area contributed by atoms with E-state index in [1.807, 2.05) is 11.0 Å². The number of halogens is 1. The van der Waals surface area contributed by atoms with E-state index < -0.39 is 0 Å². The lowest BCUT2D eigenvalue weighted by Crippen LogP contribution is -2.48. The molecule has 4 nitrogen and oxygen atoms in total. The minimum Gasteiger partial charge on any atom is -0.394 e. The van der Waals surface area contributed by atoms with Crippen LogP contribution in [-0.2, 0) is 11.3 Å². The number of benzene rings is 1. The van der Waals surface area contributed by atoms with Gasteiger partial charge in [-0.15, -0.1) is 0 Å². The molecular formula is C12H17FN2O2. The van der Waals surface area contributed by atoms with Gasteiger partial charge in [0.05, 0.1) is 25.9 Å². The number of hydrogen-bond donors (Lipinski definition) is 2. The van der Waals surface area contributed by atoms with Gasteiger partial charge in [0.25, 0.3) is 0 Å². The van der Waals surface area contributed by atoms with Gasteiger partial charge in [-0.25, -0.2) is 4.39 Å². The van der Waals surface area contributed by atoms with Crippen LogP contribution in [0.3, 0.4) is 0 Å². The van der Waals surface area contributed by atoms with Crippen molar-refractivity contribution in [2.45, 2.75) is 12.6 Å². The smallest absolute Gasteiger partial charge is 0.129 e. The number of aliphatic hydroxyl groups excluding tert-OH is 1. The van der Waals surface area contributed by atoms with Gasteiger partial charge in [0.2, 0.25) is 0 Å². The van der Waals surface area contributed by atoms with E-state index in [1.165, 1.54) is 6.07 Å². The molecule has 2 rings (SSSR count). The molecule has 5 heteroatoms. The van der Waals surface area contributed by atoms with E-state index in [0.717, 1.165) is 5.69 Å². The van der Waals surface area contributed by atoms with Crippen LogP contribution in [0.2, 0.25) is 0 Å². The lowest BCUT2D eigenvalue weighted by Gasteiger charge is -2.37. The summed E-state index contributed by atoms with van der Waals surface area (Å²) in [7, 11) is 0. The molecule has 1 aromatic rings. The Labute approximate surface area is 99.8 Å². The van der Waals surface area contributed by atoms with Crippen LogP contribution >= 0.6 is 0 Å². The van der Waals surface area contributed by atoms with Crippen molar-refractivity contribution in [2.75, 3.05) is 31.3 Å². The van der Waals surface area contributed by atoms with Crippen LogP contribution in [0, 0.1) is 5.82 Å². The van der Waals surface area contributed by atoms with Crippen molar-refractivity contribution in [1.29, 1.82) is 0 Å². The van der Waals surface area contributed by atoms with E-state index in [0.29, 0.717) is 25.3 Å². The average molecular weight is 240 g/mol. The SMILES string of the molecule is NCc1c(F)cccc1N1CCOCC1CO. The monoisotopic (exact) mass is 240 g/mol. The normalized spacial score (nSPS) is 20.6. The minimum atomic E-state index is -0.298. The molecule has 1 aromatic carbocycles. The van der Waals surface area contributed by atoms with Crippen molar-refractivity contribution in [3.05, 3.63) is 29.6 Å².